The van der Waals surface area contributed by atoms with Crippen LogP contribution in [0.4, 0.5) is 17.3 Å². The topological polar surface area (TPSA) is 70.1 Å². The summed E-state index contributed by atoms with van der Waals surface area (Å²) in [4.78, 5) is 24.0. The van der Waals surface area contributed by atoms with Gasteiger partial charge in [0.25, 0.3) is 5.91 Å². The number of fused-ring (bicyclic) bond motifs is 2. The summed E-state index contributed by atoms with van der Waals surface area (Å²) in [6, 6.07) is 11.5. The average molecular weight is 500 g/mol. The van der Waals surface area contributed by atoms with Crippen LogP contribution >= 0.6 is 35.0 Å². The van der Waals surface area contributed by atoms with E-state index in [1.165, 1.54) is 22.9 Å². The Morgan fingerprint density at radius 2 is 1.97 bits per heavy atom. The Bertz CT molecular complexity index is 1250. The standard InChI is InChI=1S/C24H23Cl2N5OS/c1-13-31(20-18(25)5-4-6-19(20)26)22(32)16-12-27-23(30-21(16)33-13)29-15-7-8-17-14(11-15)9-10-28-24(17,2)3/h4-8,11-13,28H,9-10H2,1-3H3,(H,27,29,30). The molecule has 3 aromatic rings. The number of nitrogens with zero attached hydrogens (tertiary/aromatic N) is 3. The number of hydrogen-bond acceptors (Lipinski definition) is 6. The SMILES string of the molecule is CC1Sc2nc(Nc3ccc4c(c3)CCNC4(C)C)ncc2C(=O)N1c1c(Cl)cccc1Cl. The van der Waals surface area contributed by atoms with Gasteiger partial charge in [0.1, 0.15) is 5.03 Å². The first-order valence-electron chi connectivity index (χ1n) is 10.7. The number of rotatable bonds is 3. The fourth-order valence-corrected chi connectivity index (χ4v) is 6.01. The first-order chi connectivity index (χ1) is 15.7. The number of aromatic nitrogens is 2. The second-order valence-electron chi connectivity index (χ2n) is 8.67. The third-order valence-corrected chi connectivity index (χ3v) is 7.72. The zero-order valence-electron chi connectivity index (χ0n) is 18.4. The number of carbonyl (C=O) groups is 1. The molecule has 1 aromatic heterocycles. The quantitative estimate of drug-likeness (QED) is 0.430. The molecule has 0 aliphatic carbocycles. The molecule has 3 heterocycles. The van der Waals surface area contributed by atoms with Crippen molar-refractivity contribution in [1.82, 2.24) is 15.3 Å². The number of amides is 1. The molecule has 0 bridgehead atoms. The minimum Gasteiger partial charge on any atom is -0.324 e. The maximum Gasteiger partial charge on any atom is 0.263 e. The summed E-state index contributed by atoms with van der Waals surface area (Å²) in [5, 5.41) is 8.10. The summed E-state index contributed by atoms with van der Waals surface area (Å²) in [7, 11) is 0. The summed E-state index contributed by atoms with van der Waals surface area (Å²) >= 11 is 14.2. The molecule has 6 nitrogen and oxygen atoms in total. The van der Waals surface area contributed by atoms with Crippen molar-refractivity contribution >= 4 is 58.2 Å². The third-order valence-electron chi connectivity index (χ3n) is 6.02. The van der Waals surface area contributed by atoms with Gasteiger partial charge in [0.05, 0.1) is 26.7 Å². The van der Waals surface area contributed by atoms with Gasteiger partial charge in [0, 0.05) is 17.4 Å². The number of halogens is 2. The lowest BCUT2D eigenvalue weighted by molar-refractivity contribution is 0.0979. The molecule has 0 saturated heterocycles. The molecule has 1 atom stereocenters. The molecule has 0 saturated carbocycles. The highest BCUT2D eigenvalue weighted by atomic mass is 35.5. The van der Waals surface area contributed by atoms with Gasteiger partial charge in [-0.25, -0.2) is 9.97 Å². The van der Waals surface area contributed by atoms with Crippen LogP contribution in [0.25, 0.3) is 0 Å². The Hall–Kier alpha value is -2.32. The van der Waals surface area contributed by atoms with Crippen LogP contribution in [0.15, 0.2) is 47.6 Å². The van der Waals surface area contributed by atoms with E-state index in [2.05, 4.69) is 46.6 Å². The van der Waals surface area contributed by atoms with E-state index in [1.807, 2.05) is 13.0 Å². The van der Waals surface area contributed by atoms with Gasteiger partial charge in [0.2, 0.25) is 5.95 Å². The van der Waals surface area contributed by atoms with Crippen molar-refractivity contribution in [2.75, 3.05) is 16.8 Å². The number of hydrogen-bond donors (Lipinski definition) is 2. The Kier molecular flexibility index (Phi) is 5.77. The van der Waals surface area contributed by atoms with Crippen LogP contribution < -0.4 is 15.5 Å². The largest absolute Gasteiger partial charge is 0.324 e. The number of nitrogens with one attached hydrogen (secondary N) is 2. The van der Waals surface area contributed by atoms with Crippen LogP contribution in [-0.2, 0) is 12.0 Å². The summed E-state index contributed by atoms with van der Waals surface area (Å²) in [6.45, 7) is 7.26. The van der Waals surface area contributed by atoms with Crippen molar-refractivity contribution in [2.45, 2.75) is 43.1 Å². The fourth-order valence-electron chi connectivity index (χ4n) is 4.40. The van der Waals surface area contributed by atoms with E-state index in [9.17, 15) is 4.79 Å². The first-order valence-corrected chi connectivity index (χ1v) is 12.3. The van der Waals surface area contributed by atoms with Gasteiger partial charge in [-0.3, -0.25) is 9.69 Å². The predicted octanol–water partition coefficient (Wildman–Crippen LogP) is 6.01. The summed E-state index contributed by atoms with van der Waals surface area (Å²) in [5.41, 5.74) is 4.43. The van der Waals surface area contributed by atoms with Crippen LogP contribution in [0.5, 0.6) is 0 Å². The molecular formula is C24H23Cl2N5OS. The Morgan fingerprint density at radius 1 is 1.21 bits per heavy atom. The fraction of sp³-hybridized carbons (Fsp3) is 0.292. The van der Waals surface area contributed by atoms with Crippen LogP contribution in [-0.4, -0.2) is 27.8 Å². The molecule has 0 radical (unpaired) electrons. The van der Waals surface area contributed by atoms with Crippen molar-refractivity contribution in [3.63, 3.8) is 0 Å². The molecule has 2 aliphatic rings. The van der Waals surface area contributed by atoms with Crippen LogP contribution in [0.1, 0.15) is 42.3 Å². The molecule has 1 amide bonds. The second kappa shape index (κ2) is 8.47. The van der Waals surface area contributed by atoms with Crippen molar-refractivity contribution < 1.29 is 4.79 Å². The molecule has 2 N–H and O–H groups in total. The zero-order valence-corrected chi connectivity index (χ0v) is 20.8. The number of benzene rings is 2. The summed E-state index contributed by atoms with van der Waals surface area (Å²) in [5.74, 6) is 0.236. The lowest BCUT2D eigenvalue weighted by atomic mass is 9.85. The van der Waals surface area contributed by atoms with Gasteiger partial charge < -0.3 is 10.6 Å². The normalized spacial score (nSPS) is 19.1. The number of thioether (sulfide) groups is 1. The van der Waals surface area contributed by atoms with Gasteiger partial charge in [-0.2, -0.15) is 0 Å². The molecule has 33 heavy (non-hydrogen) atoms. The van der Waals surface area contributed by atoms with E-state index < -0.39 is 0 Å². The van der Waals surface area contributed by atoms with Gasteiger partial charge in [0.15, 0.2) is 0 Å². The van der Waals surface area contributed by atoms with Crippen molar-refractivity contribution in [3.05, 3.63) is 69.3 Å². The maximum absolute atomic E-state index is 13.3. The van der Waals surface area contributed by atoms with Crippen molar-refractivity contribution in [3.8, 4) is 0 Å². The lowest BCUT2D eigenvalue weighted by Crippen LogP contribution is -2.42. The summed E-state index contributed by atoms with van der Waals surface area (Å²) < 4.78 is 0. The third kappa shape index (κ3) is 4.08. The van der Waals surface area contributed by atoms with E-state index >= 15 is 0 Å². The highest BCUT2D eigenvalue weighted by Gasteiger charge is 2.35. The van der Waals surface area contributed by atoms with Gasteiger partial charge in [-0.1, -0.05) is 47.1 Å². The molecule has 1 unspecified atom stereocenters. The number of anilines is 3. The first kappa shape index (κ1) is 22.5. The second-order valence-corrected chi connectivity index (χ2v) is 10.8. The summed E-state index contributed by atoms with van der Waals surface area (Å²) in [6.07, 6.45) is 2.54. The van der Waals surface area contributed by atoms with Crippen molar-refractivity contribution in [2.24, 2.45) is 0 Å². The molecule has 5 rings (SSSR count). The monoisotopic (exact) mass is 499 g/mol. The Labute approximate surface area is 207 Å². The van der Waals surface area contributed by atoms with E-state index in [-0.39, 0.29) is 16.8 Å². The van der Waals surface area contributed by atoms with Crippen LogP contribution in [0.3, 0.4) is 0 Å². The smallest absolute Gasteiger partial charge is 0.263 e. The molecule has 0 spiro atoms. The Balaban J connectivity index is 1.43. The molecule has 2 aliphatic heterocycles. The minimum atomic E-state index is -0.233. The lowest BCUT2D eigenvalue weighted by Gasteiger charge is -2.34. The van der Waals surface area contributed by atoms with E-state index in [0.29, 0.717) is 32.3 Å². The van der Waals surface area contributed by atoms with Gasteiger partial charge >= 0.3 is 0 Å². The van der Waals surface area contributed by atoms with Crippen LogP contribution in [0, 0.1) is 0 Å². The minimum absolute atomic E-state index is 0.0437. The van der Waals surface area contributed by atoms with E-state index in [1.54, 1.807) is 29.3 Å². The zero-order chi connectivity index (χ0) is 23.3. The van der Waals surface area contributed by atoms with E-state index in [4.69, 9.17) is 23.2 Å². The van der Waals surface area contributed by atoms with Gasteiger partial charge in [-0.05, 0) is 69.1 Å². The van der Waals surface area contributed by atoms with Gasteiger partial charge in [-0.15, -0.1) is 0 Å². The van der Waals surface area contributed by atoms with Crippen LogP contribution in [0.2, 0.25) is 10.0 Å². The number of para-hydroxylation sites is 1. The molecule has 170 valence electrons. The van der Waals surface area contributed by atoms with Crippen molar-refractivity contribution in [1.29, 1.82) is 0 Å². The van der Waals surface area contributed by atoms with E-state index in [0.717, 1.165) is 18.7 Å². The highest BCUT2D eigenvalue weighted by Crippen LogP contribution is 2.42. The molecular weight excluding hydrogens is 477 g/mol. The highest BCUT2D eigenvalue weighted by molar-refractivity contribution is 8.00. The maximum atomic E-state index is 13.3. The predicted molar refractivity (Wildman–Crippen MR) is 135 cm³/mol. The Morgan fingerprint density at radius 3 is 2.73 bits per heavy atom. The molecule has 2 aromatic carbocycles. The molecule has 9 heteroatoms. The average Bonchev–Trinajstić information content (AvgIpc) is 2.75. The molecule has 0 fully saturated rings. The number of carbonyl (C=O) groups excluding carboxylic acids is 1.